The van der Waals surface area contributed by atoms with Gasteiger partial charge in [0.1, 0.15) is 27.5 Å². The number of thiazole rings is 1. The molecule has 1 atom stereocenters. The molecule has 0 fully saturated rings. The molecule has 1 aromatic heterocycles. The topological polar surface area (TPSA) is 95.6 Å². The number of hydrogen-bond donors (Lipinski definition) is 1. The summed E-state index contributed by atoms with van der Waals surface area (Å²) in [6.45, 7) is 0. The van der Waals surface area contributed by atoms with Gasteiger partial charge < -0.3 is 5.73 Å². The maximum atomic E-state index is 14.7. The predicted molar refractivity (Wildman–Crippen MR) is 119 cm³/mol. The molecule has 1 unspecified atom stereocenters. The molecule has 5 nitrogen and oxygen atoms in total. The molecule has 3 aromatic rings. The van der Waals surface area contributed by atoms with Gasteiger partial charge in [0.25, 0.3) is 4.74 Å². The van der Waals surface area contributed by atoms with Crippen LogP contribution in [-0.4, -0.2) is 4.57 Å². The minimum absolute atomic E-state index is 0.000535. The van der Waals surface area contributed by atoms with E-state index in [1.54, 1.807) is 0 Å². The van der Waals surface area contributed by atoms with Crippen molar-refractivity contribution in [2.75, 3.05) is 0 Å². The highest BCUT2D eigenvalue weighted by Gasteiger charge is 2.35. The highest BCUT2D eigenvalue weighted by atomic mass is 35.5. The molecule has 1 aliphatic rings. The van der Waals surface area contributed by atoms with Crippen LogP contribution in [0.5, 0.6) is 0 Å². The van der Waals surface area contributed by atoms with Gasteiger partial charge in [0.2, 0.25) is 0 Å². The Kier molecular flexibility index (Phi) is 5.62. The van der Waals surface area contributed by atoms with Crippen LogP contribution in [0.2, 0.25) is 10.0 Å². The zero-order chi connectivity index (χ0) is 23.2. The van der Waals surface area contributed by atoms with Crippen LogP contribution >= 0.6 is 34.5 Å². The Balaban J connectivity index is 2.17. The molecule has 0 saturated carbocycles. The third-order valence-corrected chi connectivity index (χ3v) is 6.63. The molecule has 0 aliphatic carbocycles. The summed E-state index contributed by atoms with van der Waals surface area (Å²) >= 11 is 12.9. The van der Waals surface area contributed by atoms with Crippen LogP contribution in [0.1, 0.15) is 17.0 Å². The van der Waals surface area contributed by atoms with Crippen LogP contribution in [0.15, 0.2) is 46.8 Å². The molecule has 2 N–H and O–H groups in total. The third kappa shape index (κ3) is 3.30. The van der Waals surface area contributed by atoms with E-state index in [1.807, 2.05) is 12.1 Å². The lowest BCUT2D eigenvalue weighted by Gasteiger charge is -2.24. The zero-order valence-corrected chi connectivity index (χ0v) is 18.2. The average Bonchev–Trinajstić information content (AvgIpc) is 3.07. The lowest BCUT2D eigenvalue weighted by Crippen LogP contribution is -2.39. The first-order valence-corrected chi connectivity index (χ1v) is 10.5. The largest absolute Gasteiger partial charge is 0.384 e. The molecular weight excluding hydrogens is 477 g/mol. The van der Waals surface area contributed by atoms with E-state index in [4.69, 9.17) is 28.9 Å². The van der Waals surface area contributed by atoms with Gasteiger partial charge in [-0.2, -0.15) is 10.5 Å². The number of hydrogen-bond acceptors (Lipinski definition) is 5. The Labute approximate surface area is 193 Å². The van der Waals surface area contributed by atoms with Crippen molar-refractivity contribution in [1.82, 2.24) is 4.57 Å². The molecule has 0 saturated heterocycles. The van der Waals surface area contributed by atoms with Crippen LogP contribution < -0.4 is 20.5 Å². The van der Waals surface area contributed by atoms with Crippen LogP contribution in [0.25, 0.3) is 17.5 Å². The summed E-state index contributed by atoms with van der Waals surface area (Å²) in [5, 5.41) is 19.7. The highest BCUT2D eigenvalue weighted by Crippen LogP contribution is 2.40. The first-order valence-electron chi connectivity index (χ1n) is 8.96. The highest BCUT2D eigenvalue weighted by molar-refractivity contribution is 7.07. The van der Waals surface area contributed by atoms with Gasteiger partial charge in [-0.1, -0.05) is 46.7 Å². The first kappa shape index (κ1) is 21.8. The second-order valence-corrected chi connectivity index (χ2v) is 8.48. The Morgan fingerprint density at radius 2 is 1.66 bits per heavy atom. The molecule has 158 valence electrons. The normalized spacial score (nSPS) is 16.0. The molecule has 1 aliphatic heterocycles. The summed E-state index contributed by atoms with van der Waals surface area (Å²) < 4.78 is 29.8. The lowest BCUT2D eigenvalue weighted by atomic mass is 9.84. The van der Waals surface area contributed by atoms with Gasteiger partial charge in [0.15, 0.2) is 0 Å². The smallest absolute Gasteiger partial charge is 0.258 e. The van der Waals surface area contributed by atoms with Gasteiger partial charge in [-0.15, -0.1) is 0 Å². The summed E-state index contributed by atoms with van der Waals surface area (Å²) in [5.41, 5.74) is 5.85. The minimum Gasteiger partial charge on any atom is -0.384 e. The maximum absolute atomic E-state index is 14.7. The van der Waals surface area contributed by atoms with Gasteiger partial charge in [0.05, 0.1) is 34.2 Å². The SMILES string of the molecule is N#CC1=C(N)n2c(sc(=O)c2=Cc2c(F)cccc2Cl)=C(C#N)C1c1c(F)cccc1Cl. The van der Waals surface area contributed by atoms with Crippen molar-refractivity contribution in [3.63, 3.8) is 0 Å². The molecule has 10 heteroatoms. The van der Waals surface area contributed by atoms with Crippen molar-refractivity contribution in [2.45, 2.75) is 5.92 Å². The zero-order valence-electron chi connectivity index (χ0n) is 15.9. The molecular formula is C22H10Cl2F2N4OS. The van der Waals surface area contributed by atoms with E-state index in [0.29, 0.717) is 11.3 Å². The average molecular weight is 487 g/mol. The van der Waals surface area contributed by atoms with Crippen LogP contribution in [0, 0.1) is 34.3 Å². The van der Waals surface area contributed by atoms with E-state index < -0.39 is 22.3 Å². The second-order valence-electron chi connectivity index (χ2n) is 6.70. The lowest BCUT2D eigenvalue weighted by molar-refractivity contribution is 0.609. The van der Waals surface area contributed by atoms with Crippen LogP contribution in [-0.2, 0) is 0 Å². The van der Waals surface area contributed by atoms with E-state index >= 15 is 0 Å². The molecule has 0 spiro atoms. The molecule has 32 heavy (non-hydrogen) atoms. The van der Waals surface area contributed by atoms with E-state index in [9.17, 15) is 24.1 Å². The number of aromatic nitrogens is 1. The number of nitriles is 2. The Bertz CT molecular complexity index is 1550. The number of halogens is 4. The number of nitrogens with two attached hydrogens (primary N) is 1. The second kappa shape index (κ2) is 8.25. The fraction of sp³-hybridized carbons (Fsp3) is 0.0455. The van der Waals surface area contributed by atoms with E-state index in [0.717, 1.165) is 6.07 Å². The summed E-state index contributed by atoms with van der Waals surface area (Å²) in [4.78, 5) is 12.8. The summed E-state index contributed by atoms with van der Waals surface area (Å²) in [5.74, 6) is -2.80. The van der Waals surface area contributed by atoms with E-state index in [2.05, 4.69) is 0 Å². The standard InChI is InChI=1S/C22H10Cl2F2N4OS/c23-13-3-1-5-15(25)10(13)7-17-22(31)32-21-12(9-28)18(11(8-27)20(29)30(17)21)19-14(24)4-2-6-16(19)26/h1-7,18H,29H2. The Hall–Kier alpha value is -3.43. The van der Waals surface area contributed by atoms with Gasteiger partial charge in [0, 0.05) is 16.1 Å². The van der Waals surface area contributed by atoms with Crippen molar-refractivity contribution in [1.29, 1.82) is 10.5 Å². The first-order chi connectivity index (χ1) is 15.3. The van der Waals surface area contributed by atoms with Crippen LogP contribution in [0.4, 0.5) is 8.78 Å². The molecule has 2 heterocycles. The number of benzene rings is 2. The molecule has 2 aromatic carbocycles. The van der Waals surface area contributed by atoms with Gasteiger partial charge >= 0.3 is 0 Å². The van der Waals surface area contributed by atoms with Gasteiger partial charge in [-0.25, -0.2) is 8.78 Å². The number of rotatable bonds is 2. The molecule has 0 bridgehead atoms. The minimum atomic E-state index is -1.21. The van der Waals surface area contributed by atoms with Crippen molar-refractivity contribution in [3.8, 4) is 12.1 Å². The predicted octanol–water partition coefficient (Wildman–Crippen LogP) is 3.45. The van der Waals surface area contributed by atoms with E-state index in [1.165, 1.54) is 41.0 Å². The maximum Gasteiger partial charge on any atom is 0.258 e. The number of allylic oxidation sites excluding steroid dienone is 1. The fourth-order valence-electron chi connectivity index (χ4n) is 3.56. The number of fused-ring (bicyclic) bond motifs is 1. The summed E-state index contributed by atoms with van der Waals surface area (Å²) in [6, 6.07) is 11.9. The summed E-state index contributed by atoms with van der Waals surface area (Å²) in [7, 11) is 0. The molecule has 0 radical (unpaired) electrons. The van der Waals surface area contributed by atoms with Crippen LogP contribution in [0.3, 0.4) is 0 Å². The van der Waals surface area contributed by atoms with Crippen molar-refractivity contribution in [3.05, 3.63) is 94.3 Å². The van der Waals surface area contributed by atoms with Gasteiger partial charge in [-0.3, -0.25) is 9.36 Å². The third-order valence-electron chi connectivity index (χ3n) is 4.98. The Morgan fingerprint density at radius 1 is 1.03 bits per heavy atom. The quantitative estimate of drug-likeness (QED) is 0.599. The number of nitrogens with zero attached hydrogens (tertiary/aromatic N) is 3. The monoisotopic (exact) mass is 486 g/mol. The fourth-order valence-corrected chi connectivity index (χ4v) is 5.04. The molecule has 4 rings (SSSR count). The molecule has 0 amide bonds. The summed E-state index contributed by atoms with van der Waals surface area (Å²) in [6.07, 6.45) is 1.20. The van der Waals surface area contributed by atoms with E-state index in [-0.39, 0.29) is 48.2 Å². The van der Waals surface area contributed by atoms with Crippen molar-refractivity contribution in [2.24, 2.45) is 5.73 Å². The van der Waals surface area contributed by atoms with Crippen molar-refractivity contribution < 1.29 is 8.78 Å². The van der Waals surface area contributed by atoms with Gasteiger partial charge in [-0.05, 0) is 30.3 Å². The van der Waals surface area contributed by atoms with Crippen molar-refractivity contribution >= 4 is 52.0 Å². The Morgan fingerprint density at radius 3 is 2.25 bits per heavy atom.